The van der Waals surface area contributed by atoms with E-state index in [4.69, 9.17) is 4.74 Å². The molecule has 8 heteroatoms. The number of nitrogens with one attached hydrogen (secondary N) is 2. The zero-order valence-corrected chi connectivity index (χ0v) is 14.5. The molecule has 25 heavy (non-hydrogen) atoms. The van der Waals surface area contributed by atoms with Gasteiger partial charge in [-0.25, -0.2) is 0 Å². The first-order chi connectivity index (χ1) is 12.0. The first-order valence-electron chi connectivity index (χ1n) is 8.37. The maximum absolute atomic E-state index is 12.2. The van der Waals surface area contributed by atoms with Crippen molar-refractivity contribution in [2.75, 3.05) is 6.61 Å². The summed E-state index contributed by atoms with van der Waals surface area (Å²) >= 11 is 1.25. The van der Waals surface area contributed by atoms with E-state index in [1.807, 2.05) is 0 Å². The molecule has 2 amide bonds. The number of hydrogen-bond acceptors (Lipinski definition) is 6. The molecule has 2 atom stereocenters. The van der Waals surface area contributed by atoms with Crippen molar-refractivity contribution >= 4 is 34.9 Å². The van der Waals surface area contributed by atoms with Crippen LogP contribution in [0.1, 0.15) is 41.8 Å². The van der Waals surface area contributed by atoms with Crippen molar-refractivity contribution < 1.29 is 23.9 Å². The molecule has 0 radical (unpaired) electrons. The highest BCUT2D eigenvalue weighted by Crippen LogP contribution is 2.40. The number of Topliss-reactive ketones (excluding diaryl/α,β-unsaturated/α-hetero) is 1. The van der Waals surface area contributed by atoms with Crippen LogP contribution in [-0.2, 0) is 19.1 Å². The largest absolute Gasteiger partial charge is 0.455 e. The third kappa shape index (κ3) is 4.25. The molecule has 2 saturated carbocycles. The normalized spacial score (nSPS) is 25.1. The van der Waals surface area contributed by atoms with Gasteiger partial charge in [-0.3, -0.25) is 30.0 Å². The lowest BCUT2D eigenvalue weighted by Gasteiger charge is -2.36. The smallest absolute Gasteiger partial charge is 0.309 e. The Kier molecular flexibility index (Phi) is 5.47. The summed E-state index contributed by atoms with van der Waals surface area (Å²) in [7, 11) is 0. The van der Waals surface area contributed by atoms with Gasteiger partial charge in [0.05, 0.1) is 10.8 Å². The molecule has 2 fully saturated rings. The van der Waals surface area contributed by atoms with Gasteiger partial charge < -0.3 is 4.74 Å². The summed E-state index contributed by atoms with van der Waals surface area (Å²) in [5, 5.41) is 1.75. The number of hydrazine groups is 1. The number of fused-ring (bicyclic) bond motifs is 2. The molecule has 0 aliphatic heterocycles. The van der Waals surface area contributed by atoms with Crippen LogP contribution in [-0.4, -0.2) is 30.2 Å². The third-order valence-corrected chi connectivity index (χ3v) is 5.66. The molecule has 3 rings (SSSR count). The minimum absolute atomic E-state index is 0.0380. The number of amides is 2. The van der Waals surface area contributed by atoms with Crippen molar-refractivity contribution in [2.24, 2.45) is 17.8 Å². The molecule has 2 aliphatic carbocycles. The number of hydrogen-bond donors (Lipinski definition) is 2. The van der Waals surface area contributed by atoms with E-state index in [0.29, 0.717) is 17.7 Å². The van der Waals surface area contributed by atoms with Crippen LogP contribution in [0.15, 0.2) is 17.5 Å². The topological polar surface area (TPSA) is 102 Å². The molecule has 0 aromatic carbocycles. The fourth-order valence-electron chi connectivity index (χ4n) is 3.56. The van der Waals surface area contributed by atoms with E-state index >= 15 is 0 Å². The van der Waals surface area contributed by atoms with Gasteiger partial charge in [0.2, 0.25) is 0 Å². The number of ether oxygens (including phenoxy) is 1. The number of thiophene rings is 1. The minimum atomic E-state index is -0.606. The molecule has 2 aliphatic rings. The summed E-state index contributed by atoms with van der Waals surface area (Å²) in [5.41, 5.74) is 4.48. The maximum Gasteiger partial charge on any atom is 0.309 e. The van der Waals surface area contributed by atoms with Crippen LogP contribution in [0.3, 0.4) is 0 Å². The zero-order valence-electron chi connectivity index (χ0n) is 13.7. The van der Waals surface area contributed by atoms with Gasteiger partial charge in [-0.2, -0.15) is 0 Å². The lowest BCUT2D eigenvalue weighted by atomic mass is 9.67. The second-order valence-corrected chi connectivity index (χ2v) is 7.43. The SMILES string of the molecule is O=C(COC(=O)C1CC2CCCC(C1)C2=O)NNC(=O)c1cccs1. The monoisotopic (exact) mass is 364 g/mol. The van der Waals surface area contributed by atoms with Gasteiger partial charge in [0, 0.05) is 11.8 Å². The Balaban J connectivity index is 1.40. The Morgan fingerprint density at radius 2 is 1.88 bits per heavy atom. The number of esters is 1. The minimum Gasteiger partial charge on any atom is -0.455 e. The second-order valence-electron chi connectivity index (χ2n) is 6.48. The van der Waals surface area contributed by atoms with Crippen molar-refractivity contribution in [3.05, 3.63) is 22.4 Å². The highest BCUT2D eigenvalue weighted by molar-refractivity contribution is 7.12. The van der Waals surface area contributed by atoms with Crippen LogP contribution in [0.5, 0.6) is 0 Å². The van der Waals surface area contributed by atoms with Crippen LogP contribution >= 0.6 is 11.3 Å². The predicted molar refractivity (Wildman–Crippen MR) is 89.4 cm³/mol. The van der Waals surface area contributed by atoms with Crippen molar-refractivity contribution in [3.8, 4) is 0 Å². The number of ketones is 1. The van der Waals surface area contributed by atoms with Gasteiger partial charge in [-0.1, -0.05) is 12.5 Å². The Hall–Kier alpha value is -2.22. The summed E-state index contributed by atoms with van der Waals surface area (Å²) in [6.07, 6.45) is 3.76. The summed E-state index contributed by atoms with van der Waals surface area (Å²) in [5.74, 6) is -1.58. The first kappa shape index (κ1) is 17.6. The average molecular weight is 364 g/mol. The third-order valence-electron chi connectivity index (χ3n) is 4.79. The van der Waals surface area contributed by atoms with Crippen LogP contribution in [0, 0.1) is 17.8 Å². The van der Waals surface area contributed by atoms with Crippen molar-refractivity contribution in [3.63, 3.8) is 0 Å². The lowest BCUT2D eigenvalue weighted by molar-refractivity contribution is -0.156. The van der Waals surface area contributed by atoms with Crippen LogP contribution in [0.4, 0.5) is 0 Å². The van der Waals surface area contributed by atoms with Gasteiger partial charge in [0.25, 0.3) is 11.8 Å². The Morgan fingerprint density at radius 3 is 2.52 bits per heavy atom. The molecule has 0 spiro atoms. The van der Waals surface area contributed by atoms with E-state index in [0.717, 1.165) is 19.3 Å². The summed E-state index contributed by atoms with van der Waals surface area (Å²) < 4.78 is 5.06. The molecule has 1 aromatic heterocycles. The summed E-state index contributed by atoms with van der Waals surface area (Å²) in [6.45, 7) is -0.455. The van der Waals surface area contributed by atoms with Gasteiger partial charge in [-0.15, -0.1) is 11.3 Å². The molecule has 1 heterocycles. The van der Waals surface area contributed by atoms with Gasteiger partial charge >= 0.3 is 5.97 Å². The van der Waals surface area contributed by atoms with Gasteiger partial charge in [-0.05, 0) is 37.1 Å². The van der Waals surface area contributed by atoms with E-state index < -0.39 is 24.4 Å². The van der Waals surface area contributed by atoms with Gasteiger partial charge in [0.15, 0.2) is 6.61 Å². The predicted octanol–water partition coefficient (Wildman–Crippen LogP) is 1.45. The molecule has 1 aromatic rings. The van der Waals surface area contributed by atoms with Crippen molar-refractivity contribution in [1.29, 1.82) is 0 Å². The molecule has 7 nitrogen and oxygen atoms in total. The first-order valence-corrected chi connectivity index (χ1v) is 9.25. The second kappa shape index (κ2) is 7.77. The van der Waals surface area contributed by atoms with E-state index in [9.17, 15) is 19.2 Å². The zero-order chi connectivity index (χ0) is 17.8. The number of carbonyl (C=O) groups is 4. The fourth-order valence-corrected chi connectivity index (χ4v) is 4.18. The average Bonchev–Trinajstić information content (AvgIpc) is 3.12. The van der Waals surface area contributed by atoms with Crippen LogP contribution in [0.2, 0.25) is 0 Å². The molecular weight excluding hydrogens is 344 g/mol. The van der Waals surface area contributed by atoms with Crippen LogP contribution in [0.25, 0.3) is 0 Å². The Morgan fingerprint density at radius 1 is 1.16 bits per heavy atom. The number of rotatable bonds is 4. The maximum atomic E-state index is 12.2. The van der Waals surface area contributed by atoms with E-state index in [1.165, 1.54) is 11.3 Å². The van der Waals surface area contributed by atoms with E-state index in [2.05, 4.69) is 10.9 Å². The lowest BCUT2D eigenvalue weighted by Crippen LogP contribution is -2.44. The highest BCUT2D eigenvalue weighted by Gasteiger charge is 2.41. The molecule has 2 unspecified atom stereocenters. The molecule has 0 saturated heterocycles. The summed E-state index contributed by atoms with van der Waals surface area (Å²) in [4.78, 5) is 48.0. The molecule has 134 valence electrons. The fraction of sp³-hybridized carbons (Fsp3) is 0.529. The summed E-state index contributed by atoms with van der Waals surface area (Å²) in [6, 6.07) is 3.36. The Labute approximate surface area is 149 Å². The van der Waals surface area contributed by atoms with Crippen LogP contribution < -0.4 is 10.9 Å². The molecule has 2 N–H and O–H groups in total. The van der Waals surface area contributed by atoms with E-state index in [1.54, 1.807) is 17.5 Å². The van der Waals surface area contributed by atoms with Crippen molar-refractivity contribution in [1.82, 2.24) is 10.9 Å². The Bertz CT molecular complexity index is 657. The van der Waals surface area contributed by atoms with Crippen molar-refractivity contribution in [2.45, 2.75) is 32.1 Å². The molecular formula is C17H20N2O5S. The standard InChI is InChI=1S/C17H20N2O5S/c20-14(18-19-16(22)13-5-2-6-25-13)9-24-17(23)12-7-10-3-1-4-11(8-12)15(10)21/h2,5-6,10-12H,1,3-4,7-9H2,(H,18,20)(H,19,22). The van der Waals surface area contributed by atoms with Gasteiger partial charge in [0.1, 0.15) is 5.78 Å². The quantitative estimate of drug-likeness (QED) is 0.622. The van der Waals surface area contributed by atoms with E-state index in [-0.39, 0.29) is 23.5 Å². The number of carbonyl (C=O) groups excluding carboxylic acids is 4. The molecule has 2 bridgehead atoms. The highest BCUT2D eigenvalue weighted by atomic mass is 32.1.